The zero-order chi connectivity index (χ0) is 19.2. The molecular weight excluding hydrogens is 353 g/mol. The molecule has 0 saturated carbocycles. The fraction of sp³-hybridized carbons (Fsp3) is 0.333. The zero-order valence-corrected chi connectivity index (χ0v) is 15.0. The number of ketones is 1. The zero-order valence-electron chi connectivity index (χ0n) is 15.0. The van der Waals surface area contributed by atoms with Gasteiger partial charge in [0.2, 0.25) is 11.8 Å². The number of nitrogens with zero attached hydrogens (tertiary/aromatic N) is 2. The van der Waals surface area contributed by atoms with Crippen molar-refractivity contribution in [3.05, 3.63) is 65.6 Å². The Labute approximate surface area is 155 Å². The quantitative estimate of drug-likeness (QED) is 0.610. The van der Waals surface area contributed by atoms with E-state index in [0.29, 0.717) is 18.4 Å². The first-order chi connectivity index (χ1) is 12.9. The summed E-state index contributed by atoms with van der Waals surface area (Å²) in [4.78, 5) is 12.9. The summed E-state index contributed by atoms with van der Waals surface area (Å²) in [6.07, 6.45) is 3.55. The molecular formula is C21H20F3N2O+. The van der Waals surface area contributed by atoms with Crippen LogP contribution in [0.1, 0.15) is 47.3 Å². The summed E-state index contributed by atoms with van der Waals surface area (Å²) in [7, 11) is 0. The van der Waals surface area contributed by atoms with Crippen LogP contribution in [0.5, 0.6) is 0 Å². The third-order valence-electron chi connectivity index (χ3n) is 5.25. The lowest BCUT2D eigenvalue weighted by Crippen LogP contribution is -2.45. The number of carbonyl (C=O) groups is 1. The first kappa shape index (κ1) is 17.8. The Morgan fingerprint density at radius 1 is 1.22 bits per heavy atom. The fourth-order valence-corrected chi connectivity index (χ4v) is 3.88. The van der Waals surface area contributed by atoms with Crippen LogP contribution in [0.15, 0.2) is 48.9 Å². The Bertz CT molecular complexity index is 1020. The van der Waals surface area contributed by atoms with Crippen molar-refractivity contribution in [3.8, 4) is 0 Å². The molecule has 0 amide bonds. The summed E-state index contributed by atoms with van der Waals surface area (Å²) in [5.74, 6) is -0.250. The minimum Gasteiger partial charge on any atom is -0.347 e. The number of alkyl halides is 3. The van der Waals surface area contributed by atoms with E-state index in [2.05, 4.69) is 11.5 Å². The second kappa shape index (κ2) is 6.51. The number of pyridine rings is 1. The van der Waals surface area contributed by atoms with Gasteiger partial charge in [0, 0.05) is 30.8 Å². The van der Waals surface area contributed by atoms with Gasteiger partial charge in [-0.25, -0.2) is 0 Å². The monoisotopic (exact) mass is 373 g/mol. The highest BCUT2D eigenvalue weighted by Gasteiger charge is 2.37. The number of aryl methyl sites for hydroxylation is 2. The van der Waals surface area contributed by atoms with Crippen molar-refractivity contribution in [2.45, 2.75) is 44.9 Å². The van der Waals surface area contributed by atoms with E-state index in [1.165, 1.54) is 6.07 Å². The largest absolute Gasteiger partial charge is 0.416 e. The number of hydrogen-bond acceptors (Lipinski definition) is 1. The van der Waals surface area contributed by atoms with Gasteiger partial charge in [0.25, 0.3) is 0 Å². The summed E-state index contributed by atoms with van der Waals surface area (Å²) in [6, 6.07) is 7.00. The van der Waals surface area contributed by atoms with Crippen molar-refractivity contribution in [3.63, 3.8) is 0 Å². The van der Waals surface area contributed by atoms with Crippen LogP contribution in [-0.2, 0) is 19.1 Å². The van der Waals surface area contributed by atoms with Crippen molar-refractivity contribution in [2.75, 3.05) is 0 Å². The lowest BCUT2D eigenvalue weighted by atomic mass is 9.85. The molecule has 4 rings (SSSR count). The van der Waals surface area contributed by atoms with Crippen molar-refractivity contribution in [2.24, 2.45) is 0 Å². The van der Waals surface area contributed by atoms with E-state index < -0.39 is 17.8 Å². The molecule has 0 saturated heterocycles. The third kappa shape index (κ3) is 3.13. The Kier molecular flexibility index (Phi) is 4.29. The molecule has 1 unspecified atom stereocenters. The standard InChI is InChI=1S/C21H20F3N2O/c1-2-9-25-10-7-15-13-26(11-8-18(15)25)19-6-4-14-3-5-16(21(22,23)24)12-17(14)20(19)27/h3,5,7-8,10-13,19H,2,4,6,9H2,1H3/q+1. The summed E-state index contributed by atoms with van der Waals surface area (Å²) >= 11 is 0. The first-order valence-electron chi connectivity index (χ1n) is 9.12. The van der Waals surface area contributed by atoms with E-state index in [9.17, 15) is 18.0 Å². The van der Waals surface area contributed by atoms with Gasteiger partial charge >= 0.3 is 6.18 Å². The summed E-state index contributed by atoms with van der Waals surface area (Å²) in [6.45, 7) is 3.03. The molecule has 140 valence electrons. The number of rotatable bonds is 3. The van der Waals surface area contributed by atoms with Crippen LogP contribution in [0.4, 0.5) is 13.2 Å². The molecule has 1 aliphatic carbocycles. The number of hydrogen-bond donors (Lipinski definition) is 0. The lowest BCUT2D eigenvalue weighted by molar-refractivity contribution is -0.707. The molecule has 0 fully saturated rings. The fourth-order valence-electron chi connectivity index (χ4n) is 3.88. The van der Waals surface area contributed by atoms with Gasteiger partial charge in [-0.15, -0.1) is 0 Å². The molecule has 3 nitrogen and oxygen atoms in total. The second-order valence-corrected chi connectivity index (χ2v) is 7.03. The molecule has 1 aliphatic rings. The smallest absolute Gasteiger partial charge is 0.347 e. The van der Waals surface area contributed by atoms with Crippen molar-refractivity contribution in [1.29, 1.82) is 0 Å². The number of aromatic nitrogens is 2. The van der Waals surface area contributed by atoms with Crippen LogP contribution >= 0.6 is 0 Å². The van der Waals surface area contributed by atoms with Gasteiger partial charge in [-0.05, 0) is 36.6 Å². The Balaban J connectivity index is 1.70. The molecule has 1 atom stereocenters. The van der Waals surface area contributed by atoms with E-state index in [1.54, 1.807) is 0 Å². The van der Waals surface area contributed by atoms with Crippen LogP contribution in [0, 0.1) is 0 Å². The summed E-state index contributed by atoms with van der Waals surface area (Å²) in [5.41, 5.74) is 1.21. The molecule has 2 aromatic heterocycles. The second-order valence-electron chi connectivity index (χ2n) is 7.03. The van der Waals surface area contributed by atoms with Crippen molar-refractivity contribution < 1.29 is 22.5 Å². The molecule has 6 heteroatoms. The van der Waals surface area contributed by atoms with Gasteiger partial charge in [0.1, 0.15) is 0 Å². The SMILES string of the molecule is CCCn1ccc2c[n+](C3CCc4ccc(C(F)(F)F)cc4C3=O)ccc21. The number of carbonyl (C=O) groups excluding carboxylic acids is 1. The van der Waals surface area contributed by atoms with Crippen molar-refractivity contribution >= 4 is 16.7 Å². The molecule has 27 heavy (non-hydrogen) atoms. The van der Waals surface area contributed by atoms with Gasteiger partial charge in [-0.1, -0.05) is 13.0 Å². The minimum absolute atomic E-state index is 0.192. The molecule has 1 aromatic carbocycles. The minimum atomic E-state index is -4.45. The number of benzene rings is 1. The molecule has 0 aliphatic heterocycles. The number of fused-ring (bicyclic) bond motifs is 2. The van der Waals surface area contributed by atoms with Crippen LogP contribution in [0.3, 0.4) is 0 Å². The van der Waals surface area contributed by atoms with Crippen molar-refractivity contribution in [1.82, 2.24) is 4.57 Å². The van der Waals surface area contributed by atoms with Gasteiger partial charge < -0.3 is 4.57 Å². The molecule has 0 spiro atoms. The van der Waals surface area contributed by atoms with Crippen LogP contribution < -0.4 is 4.57 Å². The van der Waals surface area contributed by atoms with Gasteiger partial charge in [-0.3, -0.25) is 4.79 Å². The van der Waals surface area contributed by atoms with E-state index >= 15 is 0 Å². The van der Waals surface area contributed by atoms with E-state index in [-0.39, 0.29) is 11.3 Å². The lowest BCUT2D eigenvalue weighted by Gasteiger charge is -2.21. The number of Topliss-reactive ketones (excluding diaryl/α,β-unsaturated/α-hetero) is 1. The molecule has 0 N–H and O–H groups in total. The Morgan fingerprint density at radius 3 is 2.78 bits per heavy atom. The maximum atomic E-state index is 13.0. The summed E-state index contributed by atoms with van der Waals surface area (Å²) < 4.78 is 43.1. The first-order valence-corrected chi connectivity index (χ1v) is 9.12. The third-order valence-corrected chi connectivity index (χ3v) is 5.25. The average molecular weight is 373 g/mol. The Hall–Kier alpha value is -2.63. The molecule has 0 bridgehead atoms. The predicted octanol–water partition coefficient (Wildman–Crippen LogP) is 4.73. The van der Waals surface area contributed by atoms with Gasteiger partial charge in [0.05, 0.1) is 16.5 Å². The van der Waals surface area contributed by atoms with Gasteiger partial charge in [0.15, 0.2) is 12.4 Å². The van der Waals surface area contributed by atoms with Gasteiger partial charge in [-0.2, -0.15) is 17.7 Å². The highest BCUT2D eigenvalue weighted by molar-refractivity contribution is 6.00. The maximum absolute atomic E-state index is 13.0. The summed E-state index contributed by atoms with van der Waals surface area (Å²) in [5, 5.41) is 1.02. The molecule has 0 radical (unpaired) electrons. The topological polar surface area (TPSA) is 25.9 Å². The van der Waals surface area contributed by atoms with E-state index in [4.69, 9.17) is 0 Å². The molecule has 2 heterocycles. The van der Waals surface area contributed by atoms with E-state index in [0.717, 1.165) is 36.0 Å². The predicted molar refractivity (Wildman–Crippen MR) is 95.6 cm³/mol. The molecule has 3 aromatic rings. The average Bonchev–Trinajstić information content (AvgIpc) is 3.04. The highest BCUT2D eigenvalue weighted by Crippen LogP contribution is 2.34. The Morgan fingerprint density at radius 2 is 2.04 bits per heavy atom. The van der Waals surface area contributed by atoms with E-state index in [1.807, 2.05) is 35.3 Å². The number of halogens is 3. The van der Waals surface area contributed by atoms with Crippen LogP contribution in [0.25, 0.3) is 10.9 Å². The highest BCUT2D eigenvalue weighted by atomic mass is 19.4. The van der Waals surface area contributed by atoms with Crippen LogP contribution in [0.2, 0.25) is 0 Å². The maximum Gasteiger partial charge on any atom is 0.416 e. The normalized spacial score (nSPS) is 17.3. The van der Waals surface area contributed by atoms with Crippen LogP contribution in [-0.4, -0.2) is 10.4 Å².